The number of ether oxygens (including phenoxy) is 3. The maximum Gasteiger partial charge on any atom is 0.306 e. The molecule has 0 heterocycles. The quantitative estimate of drug-likeness (QED) is 0.717. The Labute approximate surface area is 157 Å². The SMILES string of the molecule is COc1ccc(CCC(=O)O[C@@H](C)C(=O)Nc2ccccc2F)cc1OC. The molecule has 6 nitrogen and oxygen atoms in total. The summed E-state index contributed by atoms with van der Waals surface area (Å²) in [5.74, 6) is -0.512. The predicted molar refractivity (Wildman–Crippen MR) is 98.5 cm³/mol. The van der Waals surface area contributed by atoms with E-state index >= 15 is 0 Å². The van der Waals surface area contributed by atoms with E-state index < -0.39 is 23.8 Å². The Morgan fingerprint density at radius 3 is 2.44 bits per heavy atom. The molecule has 0 aliphatic rings. The van der Waals surface area contributed by atoms with E-state index in [4.69, 9.17) is 14.2 Å². The molecule has 0 bridgehead atoms. The molecule has 144 valence electrons. The van der Waals surface area contributed by atoms with E-state index in [1.54, 1.807) is 25.3 Å². The molecule has 0 aliphatic heterocycles. The van der Waals surface area contributed by atoms with E-state index in [-0.39, 0.29) is 12.1 Å². The molecule has 0 saturated heterocycles. The number of aryl methyl sites for hydroxylation is 1. The largest absolute Gasteiger partial charge is 0.493 e. The third-order valence-electron chi connectivity index (χ3n) is 3.87. The topological polar surface area (TPSA) is 73.9 Å². The lowest BCUT2D eigenvalue weighted by Crippen LogP contribution is -2.30. The maximum atomic E-state index is 13.6. The molecule has 0 fully saturated rings. The molecule has 2 aromatic carbocycles. The van der Waals surface area contributed by atoms with E-state index in [0.717, 1.165) is 5.56 Å². The Balaban J connectivity index is 1.86. The van der Waals surface area contributed by atoms with Crippen molar-refractivity contribution in [2.45, 2.75) is 25.9 Å². The minimum Gasteiger partial charge on any atom is -0.493 e. The first-order valence-corrected chi connectivity index (χ1v) is 8.40. The summed E-state index contributed by atoms with van der Waals surface area (Å²) < 4.78 is 29.1. The lowest BCUT2D eigenvalue weighted by Gasteiger charge is -2.14. The number of rotatable bonds is 8. The van der Waals surface area contributed by atoms with Gasteiger partial charge < -0.3 is 19.5 Å². The van der Waals surface area contributed by atoms with Gasteiger partial charge in [-0.3, -0.25) is 9.59 Å². The number of methoxy groups -OCH3 is 2. The zero-order valence-corrected chi connectivity index (χ0v) is 15.5. The average Bonchev–Trinajstić information content (AvgIpc) is 2.67. The summed E-state index contributed by atoms with van der Waals surface area (Å²) in [5, 5.41) is 2.40. The summed E-state index contributed by atoms with van der Waals surface area (Å²) in [6.07, 6.45) is -0.532. The molecule has 7 heteroatoms. The van der Waals surface area contributed by atoms with Gasteiger partial charge in [-0.05, 0) is 43.2 Å². The Morgan fingerprint density at radius 1 is 1.07 bits per heavy atom. The molecule has 27 heavy (non-hydrogen) atoms. The van der Waals surface area contributed by atoms with E-state index in [0.29, 0.717) is 17.9 Å². The summed E-state index contributed by atoms with van der Waals surface area (Å²) in [4.78, 5) is 24.0. The highest BCUT2D eigenvalue weighted by molar-refractivity contribution is 5.95. The Morgan fingerprint density at radius 2 is 1.78 bits per heavy atom. The van der Waals surface area contributed by atoms with Gasteiger partial charge in [-0.15, -0.1) is 0 Å². The summed E-state index contributed by atoms with van der Waals surface area (Å²) in [5.41, 5.74) is 0.906. The van der Waals surface area contributed by atoms with Gasteiger partial charge in [0.05, 0.1) is 19.9 Å². The van der Waals surface area contributed by atoms with Crippen molar-refractivity contribution in [2.75, 3.05) is 19.5 Å². The van der Waals surface area contributed by atoms with Gasteiger partial charge in [-0.1, -0.05) is 18.2 Å². The third kappa shape index (κ3) is 5.70. The van der Waals surface area contributed by atoms with Crippen LogP contribution in [0.3, 0.4) is 0 Å². The summed E-state index contributed by atoms with van der Waals surface area (Å²) in [6, 6.07) is 11.1. The maximum absolute atomic E-state index is 13.6. The normalized spacial score (nSPS) is 11.4. The van der Waals surface area contributed by atoms with E-state index in [9.17, 15) is 14.0 Å². The Hall–Kier alpha value is -3.09. The highest BCUT2D eigenvalue weighted by Gasteiger charge is 2.19. The number of anilines is 1. The van der Waals surface area contributed by atoms with Crippen LogP contribution >= 0.6 is 0 Å². The second-order valence-electron chi connectivity index (χ2n) is 5.79. The van der Waals surface area contributed by atoms with Crippen molar-refractivity contribution in [2.24, 2.45) is 0 Å². The first-order valence-electron chi connectivity index (χ1n) is 8.40. The van der Waals surface area contributed by atoms with Crippen molar-refractivity contribution in [3.63, 3.8) is 0 Å². The molecule has 0 unspecified atom stereocenters. The van der Waals surface area contributed by atoms with Gasteiger partial charge in [-0.25, -0.2) is 4.39 Å². The second kappa shape index (κ2) is 9.56. The molecule has 0 radical (unpaired) electrons. The highest BCUT2D eigenvalue weighted by atomic mass is 19.1. The number of nitrogens with one attached hydrogen (secondary N) is 1. The van der Waals surface area contributed by atoms with Crippen LogP contribution < -0.4 is 14.8 Å². The summed E-state index contributed by atoms with van der Waals surface area (Å²) in [7, 11) is 3.08. The van der Waals surface area contributed by atoms with Crippen LogP contribution in [0, 0.1) is 5.82 Å². The molecule has 0 saturated carbocycles. The number of benzene rings is 2. The Bertz CT molecular complexity index is 809. The highest BCUT2D eigenvalue weighted by Crippen LogP contribution is 2.28. The van der Waals surface area contributed by atoms with Gasteiger partial charge in [-0.2, -0.15) is 0 Å². The van der Waals surface area contributed by atoms with Crippen LogP contribution in [-0.2, 0) is 20.7 Å². The van der Waals surface area contributed by atoms with Gasteiger partial charge >= 0.3 is 5.97 Å². The van der Waals surface area contributed by atoms with Crippen molar-refractivity contribution < 1.29 is 28.2 Å². The number of para-hydroxylation sites is 1. The van der Waals surface area contributed by atoms with Crippen LogP contribution in [0.25, 0.3) is 0 Å². The minimum absolute atomic E-state index is 0.0377. The van der Waals surface area contributed by atoms with E-state index in [1.165, 1.54) is 32.2 Å². The number of carbonyl (C=O) groups excluding carboxylic acids is 2. The molecule has 0 aliphatic carbocycles. The van der Waals surface area contributed by atoms with Gasteiger partial charge in [0.15, 0.2) is 17.6 Å². The number of hydrogen-bond donors (Lipinski definition) is 1. The van der Waals surface area contributed by atoms with Gasteiger partial charge in [0.25, 0.3) is 5.91 Å². The lowest BCUT2D eigenvalue weighted by molar-refractivity contribution is -0.153. The molecule has 2 aromatic rings. The van der Waals surface area contributed by atoms with Crippen LogP contribution in [0.1, 0.15) is 18.9 Å². The first-order chi connectivity index (χ1) is 12.9. The zero-order chi connectivity index (χ0) is 19.8. The molecule has 1 N–H and O–H groups in total. The fourth-order valence-electron chi connectivity index (χ4n) is 2.39. The lowest BCUT2D eigenvalue weighted by atomic mass is 10.1. The van der Waals surface area contributed by atoms with E-state index in [1.807, 2.05) is 6.07 Å². The first kappa shape index (κ1) is 20.2. The number of esters is 1. The molecule has 2 rings (SSSR count). The molecule has 0 spiro atoms. The van der Waals surface area contributed by atoms with Crippen molar-refractivity contribution in [3.8, 4) is 11.5 Å². The van der Waals surface area contributed by atoms with Gasteiger partial charge in [0, 0.05) is 6.42 Å². The zero-order valence-electron chi connectivity index (χ0n) is 15.5. The van der Waals surface area contributed by atoms with Crippen LogP contribution in [0.2, 0.25) is 0 Å². The van der Waals surface area contributed by atoms with Crippen LogP contribution in [0.5, 0.6) is 11.5 Å². The summed E-state index contributed by atoms with van der Waals surface area (Å²) >= 11 is 0. The van der Waals surface area contributed by atoms with Crippen LogP contribution in [0.4, 0.5) is 10.1 Å². The smallest absolute Gasteiger partial charge is 0.306 e. The fraction of sp³-hybridized carbons (Fsp3) is 0.300. The molecular formula is C20H22FNO5. The standard InChI is InChI=1S/C20H22FNO5/c1-13(20(24)22-16-7-5-4-6-15(16)21)27-19(23)11-9-14-8-10-17(25-2)18(12-14)26-3/h4-8,10,12-13H,9,11H2,1-3H3,(H,22,24)/t13-/m0/s1. The van der Waals surface area contributed by atoms with Gasteiger partial charge in [0.2, 0.25) is 0 Å². The fourth-order valence-corrected chi connectivity index (χ4v) is 2.39. The van der Waals surface area contributed by atoms with Crippen molar-refractivity contribution in [1.29, 1.82) is 0 Å². The molecular weight excluding hydrogens is 353 g/mol. The Kier molecular flexibility index (Phi) is 7.16. The van der Waals surface area contributed by atoms with Crippen LogP contribution in [0.15, 0.2) is 42.5 Å². The molecule has 1 atom stereocenters. The third-order valence-corrected chi connectivity index (χ3v) is 3.87. The number of carbonyl (C=O) groups is 2. The van der Waals surface area contributed by atoms with Crippen molar-refractivity contribution in [1.82, 2.24) is 0 Å². The molecule has 0 aromatic heterocycles. The average molecular weight is 375 g/mol. The second-order valence-corrected chi connectivity index (χ2v) is 5.79. The van der Waals surface area contributed by atoms with Crippen molar-refractivity contribution in [3.05, 3.63) is 53.8 Å². The van der Waals surface area contributed by atoms with Crippen molar-refractivity contribution >= 4 is 17.6 Å². The monoisotopic (exact) mass is 375 g/mol. The number of hydrogen-bond acceptors (Lipinski definition) is 5. The number of halogens is 1. The molecule has 1 amide bonds. The van der Waals surface area contributed by atoms with Gasteiger partial charge in [0.1, 0.15) is 5.82 Å². The van der Waals surface area contributed by atoms with Crippen LogP contribution in [-0.4, -0.2) is 32.2 Å². The predicted octanol–water partition coefficient (Wildman–Crippen LogP) is 3.35. The van der Waals surface area contributed by atoms with E-state index in [2.05, 4.69) is 5.32 Å². The minimum atomic E-state index is -1.04. The summed E-state index contributed by atoms with van der Waals surface area (Å²) in [6.45, 7) is 1.44. The number of amides is 1.